The van der Waals surface area contributed by atoms with Gasteiger partial charge in [-0.15, -0.1) is 0 Å². The summed E-state index contributed by atoms with van der Waals surface area (Å²) in [5.74, 6) is 0.494. The highest BCUT2D eigenvalue weighted by Crippen LogP contribution is 2.22. The summed E-state index contributed by atoms with van der Waals surface area (Å²) in [6.45, 7) is 8.11. The number of piperazine rings is 1. The highest BCUT2D eigenvalue weighted by Gasteiger charge is 2.27. The number of para-hydroxylation sites is 1. The topological polar surface area (TPSA) is 32.8 Å². The number of anilines is 1. The molecule has 1 heterocycles. The van der Waals surface area contributed by atoms with Gasteiger partial charge in [0.1, 0.15) is 11.6 Å². The van der Waals surface area contributed by atoms with Crippen LogP contribution in [0.1, 0.15) is 18.1 Å². The van der Waals surface area contributed by atoms with E-state index in [9.17, 15) is 9.18 Å². The number of amides is 1. The number of carbonyl (C=O) groups excluding carboxylic acids is 1. The van der Waals surface area contributed by atoms with E-state index in [1.54, 1.807) is 24.0 Å². The molecule has 0 spiro atoms. The molecule has 0 aliphatic carbocycles. The molecule has 3 rings (SSSR count). The Morgan fingerprint density at radius 1 is 1.08 bits per heavy atom. The third-order valence-corrected chi connectivity index (χ3v) is 4.78. The number of nitrogens with zero attached hydrogens (tertiary/aromatic N) is 2. The van der Waals surface area contributed by atoms with Crippen LogP contribution in [0.3, 0.4) is 0 Å². The Hall–Kier alpha value is -2.56. The zero-order valence-electron chi connectivity index (χ0n) is 15.5. The molecule has 1 amide bonds. The Balaban J connectivity index is 1.59. The second kappa shape index (κ2) is 7.77. The van der Waals surface area contributed by atoms with Gasteiger partial charge in [-0.3, -0.25) is 4.79 Å². The molecule has 1 aliphatic heterocycles. The number of rotatable bonds is 4. The standard InChI is InChI=1S/C21H25FN2O2/c1-15-8-9-16(2)20(14-15)26-17(3)21(25)24-12-10-23(11-13-24)19-7-5-4-6-18(19)22/h4-9,14,17H,10-13H2,1-3H3/t17-/m0/s1. The van der Waals surface area contributed by atoms with Crippen LogP contribution in [0.2, 0.25) is 0 Å². The van der Waals surface area contributed by atoms with E-state index in [1.165, 1.54) is 6.07 Å². The monoisotopic (exact) mass is 356 g/mol. The average Bonchev–Trinajstić information content (AvgIpc) is 2.64. The van der Waals surface area contributed by atoms with Crippen LogP contribution in [0, 0.1) is 19.7 Å². The van der Waals surface area contributed by atoms with Gasteiger partial charge < -0.3 is 14.5 Å². The molecule has 1 aliphatic rings. The number of aryl methyl sites for hydroxylation is 2. The fourth-order valence-corrected chi connectivity index (χ4v) is 3.21. The van der Waals surface area contributed by atoms with Crippen molar-refractivity contribution in [3.63, 3.8) is 0 Å². The molecule has 4 nitrogen and oxygen atoms in total. The average molecular weight is 356 g/mol. The molecular weight excluding hydrogens is 331 g/mol. The number of halogens is 1. The van der Waals surface area contributed by atoms with E-state index >= 15 is 0 Å². The summed E-state index contributed by atoms with van der Waals surface area (Å²) in [5, 5.41) is 0. The highest BCUT2D eigenvalue weighted by atomic mass is 19.1. The number of hydrogen-bond acceptors (Lipinski definition) is 3. The van der Waals surface area contributed by atoms with Crippen molar-refractivity contribution in [1.29, 1.82) is 0 Å². The first-order valence-corrected chi connectivity index (χ1v) is 8.98. The van der Waals surface area contributed by atoms with Gasteiger partial charge in [-0.25, -0.2) is 4.39 Å². The van der Waals surface area contributed by atoms with Crippen molar-refractivity contribution < 1.29 is 13.9 Å². The van der Waals surface area contributed by atoms with Gasteiger partial charge >= 0.3 is 0 Å². The number of carbonyl (C=O) groups is 1. The van der Waals surface area contributed by atoms with E-state index in [1.807, 2.05) is 43.0 Å². The summed E-state index contributed by atoms with van der Waals surface area (Å²) >= 11 is 0. The van der Waals surface area contributed by atoms with Crippen LogP contribution in [0.25, 0.3) is 0 Å². The van der Waals surface area contributed by atoms with E-state index in [0.717, 1.165) is 16.9 Å². The zero-order valence-corrected chi connectivity index (χ0v) is 15.5. The lowest BCUT2D eigenvalue weighted by Crippen LogP contribution is -2.52. The predicted octanol–water partition coefficient (Wildman–Crippen LogP) is 3.56. The van der Waals surface area contributed by atoms with Crippen LogP contribution in [0.4, 0.5) is 10.1 Å². The predicted molar refractivity (Wildman–Crippen MR) is 101 cm³/mol. The minimum atomic E-state index is -0.546. The van der Waals surface area contributed by atoms with Crippen molar-refractivity contribution in [3.05, 3.63) is 59.4 Å². The van der Waals surface area contributed by atoms with E-state index in [-0.39, 0.29) is 11.7 Å². The molecule has 1 saturated heterocycles. The van der Waals surface area contributed by atoms with Gasteiger partial charge in [0.25, 0.3) is 5.91 Å². The first-order chi connectivity index (χ1) is 12.5. The summed E-state index contributed by atoms with van der Waals surface area (Å²) in [4.78, 5) is 16.5. The van der Waals surface area contributed by atoms with Crippen molar-refractivity contribution in [2.75, 3.05) is 31.1 Å². The van der Waals surface area contributed by atoms with E-state index < -0.39 is 6.10 Å². The molecule has 2 aromatic rings. The Kier molecular flexibility index (Phi) is 5.45. The summed E-state index contributed by atoms with van der Waals surface area (Å²) in [6.07, 6.45) is -0.546. The van der Waals surface area contributed by atoms with Crippen molar-refractivity contribution >= 4 is 11.6 Å². The molecule has 0 radical (unpaired) electrons. The van der Waals surface area contributed by atoms with Crippen molar-refractivity contribution in [3.8, 4) is 5.75 Å². The Morgan fingerprint density at radius 2 is 1.77 bits per heavy atom. The van der Waals surface area contributed by atoms with Crippen molar-refractivity contribution in [2.45, 2.75) is 26.9 Å². The summed E-state index contributed by atoms with van der Waals surface area (Å²) in [7, 11) is 0. The van der Waals surface area contributed by atoms with Crippen LogP contribution < -0.4 is 9.64 Å². The van der Waals surface area contributed by atoms with Gasteiger partial charge in [0.15, 0.2) is 6.10 Å². The maximum atomic E-state index is 13.9. The molecule has 0 aromatic heterocycles. The van der Waals surface area contributed by atoms with Crippen LogP contribution in [0.5, 0.6) is 5.75 Å². The molecule has 1 atom stereocenters. The Labute approximate surface area is 154 Å². The molecule has 0 bridgehead atoms. The quantitative estimate of drug-likeness (QED) is 0.840. The normalized spacial score (nSPS) is 15.7. The maximum Gasteiger partial charge on any atom is 0.263 e. The van der Waals surface area contributed by atoms with Gasteiger partial charge in [-0.2, -0.15) is 0 Å². The van der Waals surface area contributed by atoms with Crippen molar-refractivity contribution in [2.24, 2.45) is 0 Å². The lowest BCUT2D eigenvalue weighted by molar-refractivity contribution is -0.138. The highest BCUT2D eigenvalue weighted by molar-refractivity contribution is 5.81. The molecule has 1 fully saturated rings. The molecule has 26 heavy (non-hydrogen) atoms. The molecule has 0 unspecified atom stereocenters. The fraction of sp³-hybridized carbons (Fsp3) is 0.381. The van der Waals surface area contributed by atoms with Crippen molar-refractivity contribution in [1.82, 2.24) is 4.90 Å². The minimum absolute atomic E-state index is 0.0286. The molecular formula is C21H25FN2O2. The second-order valence-electron chi connectivity index (χ2n) is 6.79. The third kappa shape index (κ3) is 3.98. The number of ether oxygens (including phenoxy) is 1. The third-order valence-electron chi connectivity index (χ3n) is 4.78. The smallest absolute Gasteiger partial charge is 0.263 e. The lowest BCUT2D eigenvalue weighted by atomic mass is 10.1. The summed E-state index contributed by atoms with van der Waals surface area (Å²) in [6, 6.07) is 12.7. The molecule has 5 heteroatoms. The molecule has 0 saturated carbocycles. The van der Waals surface area contributed by atoms with E-state index in [0.29, 0.717) is 31.9 Å². The van der Waals surface area contributed by atoms with Gasteiger partial charge in [0, 0.05) is 26.2 Å². The van der Waals surface area contributed by atoms with Crippen LogP contribution in [-0.2, 0) is 4.79 Å². The zero-order chi connectivity index (χ0) is 18.7. The number of benzene rings is 2. The number of hydrogen-bond donors (Lipinski definition) is 0. The Bertz CT molecular complexity index is 785. The first-order valence-electron chi connectivity index (χ1n) is 8.98. The van der Waals surface area contributed by atoms with E-state index in [2.05, 4.69) is 0 Å². The fourth-order valence-electron chi connectivity index (χ4n) is 3.21. The second-order valence-corrected chi connectivity index (χ2v) is 6.79. The largest absolute Gasteiger partial charge is 0.481 e. The van der Waals surface area contributed by atoms with E-state index in [4.69, 9.17) is 4.74 Å². The molecule has 138 valence electrons. The van der Waals surface area contributed by atoms with Crippen LogP contribution in [-0.4, -0.2) is 43.1 Å². The van der Waals surface area contributed by atoms with Crippen LogP contribution >= 0.6 is 0 Å². The van der Waals surface area contributed by atoms with Gasteiger partial charge in [0.05, 0.1) is 5.69 Å². The Morgan fingerprint density at radius 3 is 2.46 bits per heavy atom. The molecule has 0 N–H and O–H groups in total. The lowest BCUT2D eigenvalue weighted by Gasteiger charge is -2.37. The van der Waals surface area contributed by atoms with Gasteiger partial charge in [-0.1, -0.05) is 24.3 Å². The van der Waals surface area contributed by atoms with Gasteiger partial charge in [0.2, 0.25) is 0 Å². The maximum absolute atomic E-state index is 13.9. The summed E-state index contributed by atoms with van der Waals surface area (Å²) in [5.41, 5.74) is 2.71. The SMILES string of the molecule is Cc1ccc(C)c(O[C@@H](C)C(=O)N2CCN(c3ccccc3F)CC2)c1. The van der Waals surface area contributed by atoms with Crippen LogP contribution in [0.15, 0.2) is 42.5 Å². The minimum Gasteiger partial charge on any atom is -0.481 e. The summed E-state index contributed by atoms with van der Waals surface area (Å²) < 4.78 is 19.8. The first kappa shape index (κ1) is 18.2. The van der Waals surface area contributed by atoms with Gasteiger partial charge in [-0.05, 0) is 50.1 Å². The molecule has 2 aromatic carbocycles.